The Morgan fingerprint density at radius 3 is 2.38 bits per heavy atom. The molecule has 0 spiro atoms. The van der Waals surface area contributed by atoms with Gasteiger partial charge in [-0.05, 0) is 48.9 Å². The minimum absolute atomic E-state index is 0.00399. The lowest BCUT2D eigenvalue weighted by atomic mass is 10.0. The van der Waals surface area contributed by atoms with E-state index >= 15 is 0 Å². The van der Waals surface area contributed by atoms with Crippen LogP contribution < -0.4 is 10.1 Å². The normalized spacial score (nSPS) is 14.7. The van der Waals surface area contributed by atoms with Gasteiger partial charge in [0.1, 0.15) is 5.75 Å². The Bertz CT molecular complexity index is 841. The molecular formula is C23H29N3O3. The van der Waals surface area contributed by atoms with Gasteiger partial charge in [-0.1, -0.05) is 32.0 Å². The number of amides is 2. The maximum atomic E-state index is 12.7. The first-order valence-electron chi connectivity index (χ1n) is 10.0. The van der Waals surface area contributed by atoms with Gasteiger partial charge in [-0.3, -0.25) is 9.59 Å². The van der Waals surface area contributed by atoms with Crippen LogP contribution in [0, 0.1) is 0 Å². The van der Waals surface area contributed by atoms with E-state index in [9.17, 15) is 9.59 Å². The van der Waals surface area contributed by atoms with Crippen molar-refractivity contribution < 1.29 is 14.3 Å². The molecule has 154 valence electrons. The first-order valence-corrected chi connectivity index (χ1v) is 10.0. The summed E-state index contributed by atoms with van der Waals surface area (Å²) in [6.07, 6.45) is 0. The van der Waals surface area contributed by atoms with Crippen molar-refractivity contribution in [2.75, 3.05) is 45.2 Å². The fourth-order valence-electron chi connectivity index (χ4n) is 3.22. The van der Waals surface area contributed by atoms with Crippen LogP contribution in [0.4, 0.5) is 5.69 Å². The minimum Gasteiger partial charge on any atom is -0.484 e. The molecule has 6 heteroatoms. The molecular weight excluding hydrogens is 366 g/mol. The van der Waals surface area contributed by atoms with Gasteiger partial charge >= 0.3 is 0 Å². The second-order valence-electron chi connectivity index (χ2n) is 7.74. The van der Waals surface area contributed by atoms with Crippen LogP contribution >= 0.6 is 0 Å². The molecule has 0 saturated carbocycles. The van der Waals surface area contributed by atoms with Crippen LogP contribution in [0.3, 0.4) is 0 Å². The van der Waals surface area contributed by atoms with Gasteiger partial charge in [0, 0.05) is 37.4 Å². The molecule has 0 radical (unpaired) electrons. The van der Waals surface area contributed by atoms with E-state index in [-0.39, 0.29) is 18.4 Å². The molecule has 0 atom stereocenters. The molecule has 29 heavy (non-hydrogen) atoms. The van der Waals surface area contributed by atoms with Crippen molar-refractivity contribution in [3.63, 3.8) is 0 Å². The number of benzene rings is 2. The van der Waals surface area contributed by atoms with Crippen LogP contribution in [0.5, 0.6) is 5.75 Å². The van der Waals surface area contributed by atoms with Crippen LogP contribution in [0.1, 0.15) is 35.7 Å². The number of carbonyl (C=O) groups is 2. The number of ether oxygens (including phenoxy) is 1. The average molecular weight is 396 g/mol. The Balaban J connectivity index is 1.54. The van der Waals surface area contributed by atoms with E-state index < -0.39 is 0 Å². The number of carbonyl (C=O) groups excluding carboxylic acids is 2. The van der Waals surface area contributed by atoms with Crippen LogP contribution in [-0.2, 0) is 4.79 Å². The van der Waals surface area contributed by atoms with Gasteiger partial charge in [0.05, 0.1) is 0 Å². The van der Waals surface area contributed by atoms with Gasteiger partial charge in [-0.25, -0.2) is 0 Å². The first-order chi connectivity index (χ1) is 13.9. The monoisotopic (exact) mass is 395 g/mol. The Morgan fingerprint density at radius 2 is 1.72 bits per heavy atom. The van der Waals surface area contributed by atoms with E-state index in [0.29, 0.717) is 22.9 Å². The Labute approximate surface area is 172 Å². The fraction of sp³-hybridized carbons (Fsp3) is 0.391. The smallest absolute Gasteiger partial charge is 0.262 e. The number of likely N-dealkylation sites (N-methyl/N-ethyl adjacent to an activating group) is 1. The zero-order chi connectivity index (χ0) is 20.8. The van der Waals surface area contributed by atoms with E-state index in [1.165, 1.54) is 5.56 Å². The van der Waals surface area contributed by atoms with Crippen LogP contribution in [0.15, 0.2) is 48.5 Å². The van der Waals surface area contributed by atoms with E-state index in [4.69, 9.17) is 4.74 Å². The summed E-state index contributed by atoms with van der Waals surface area (Å²) >= 11 is 0. The maximum absolute atomic E-state index is 12.7. The summed E-state index contributed by atoms with van der Waals surface area (Å²) < 4.78 is 5.57. The third-order valence-corrected chi connectivity index (χ3v) is 5.10. The van der Waals surface area contributed by atoms with E-state index in [2.05, 4.69) is 31.1 Å². The molecule has 1 saturated heterocycles. The predicted molar refractivity (Wildman–Crippen MR) is 114 cm³/mol. The predicted octanol–water partition coefficient (Wildman–Crippen LogP) is 3.22. The molecule has 1 heterocycles. The van der Waals surface area contributed by atoms with Crippen LogP contribution in [0.2, 0.25) is 0 Å². The Kier molecular flexibility index (Phi) is 6.88. The SMILES string of the molecule is CC(C)c1ccc(OCC(=O)Nc2cccc(C(=O)N3CCN(C)CC3)c2)cc1. The summed E-state index contributed by atoms with van der Waals surface area (Å²) in [6, 6.07) is 14.8. The van der Waals surface area contributed by atoms with Gasteiger partial charge < -0.3 is 19.9 Å². The number of nitrogens with zero attached hydrogens (tertiary/aromatic N) is 2. The highest BCUT2D eigenvalue weighted by Gasteiger charge is 2.20. The second kappa shape index (κ2) is 9.56. The first kappa shape index (κ1) is 20.9. The number of hydrogen-bond acceptors (Lipinski definition) is 4. The van der Waals surface area contributed by atoms with E-state index in [1.807, 2.05) is 29.2 Å². The summed E-state index contributed by atoms with van der Waals surface area (Å²) in [7, 11) is 2.05. The van der Waals surface area contributed by atoms with Crippen molar-refractivity contribution in [1.29, 1.82) is 0 Å². The lowest BCUT2D eigenvalue weighted by molar-refractivity contribution is -0.118. The van der Waals surface area contributed by atoms with Crippen molar-refractivity contribution in [1.82, 2.24) is 9.80 Å². The van der Waals surface area contributed by atoms with Gasteiger partial charge in [0.25, 0.3) is 11.8 Å². The summed E-state index contributed by atoms with van der Waals surface area (Å²) in [5, 5.41) is 2.80. The molecule has 0 aromatic heterocycles. The molecule has 2 amide bonds. The topological polar surface area (TPSA) is 61.9 Å². The van der Waals surface area contributed by atoms with Crippen LogP contribution in [0.25, 0.3) is 0 Å². The molecule has 1 aliphatic heterocycles. The third kappa shape index (κ3) is 5.81. The highest BCUT2D eigenvalue weighted by atomic mass is 16.5. The lowest BCUT2D eigenvalue weighted by Crippen LogP contribution is -2.47. The molecule has 0 aliphatic carbocycles. The zero-order valence-electron chi connectivity index (χ0n) is 17.4. The van der Waals surface area contributed by atoms with E-state index in [0.717, 1.165) is 26.2 Å². The molecule has 2 aromatic rings. The molecule has 0 bridgehead atoms. The quantitative estimate of drug-likeness (QED) is 0.816. The van der Waals surface area contributed by atoms with Crippen molar-refractivity contribution in [2.45, 2.75) is 19.8 Å². The molecule has 1 fully saturated rings. The summed E-state index contributed by atoms with van der Waals surface area (Å²) in [4.78, 5) is 29.0. The molecule has 6 nitrogen and oxygen atoms in total. The number of anilines is 1. The lowest BCUT2D eigenvalue weighted by Gasteiger charge is -2.32. The largest absolute Gasteiger partial charge is 0.484 e. The number of rotatable bonds is 6. The average Bonchev–Trinajstić information content (AvgIpc) is 2.73. The molecule has 2 aromatic carbocycles. The van der Waals surface area contributed by atoms with Gasteiger partial charge in [-0.15, -0.1) is 0 Å². The van der Waals surface area contributed by atoms with Crippen LogP contribution in [-0.4, -0.2) is 61.4 Å². The summed E-state index contributed by atoms with van der Waals surface area (Å²) in [5.41, 5.74) is 2.40. The summed E-state index contributed by atoms with van der Waals surface area (Å²) in [6.45, 7) is 7.36. The van der Waals surface area contributed by atoms with Crippen molar-refractivity contribution >= 4 is 17.5 Å². The van der Waals surface area contributed by atoms with Gasteiger partial charge in [-0.2, -0.15) is 0 Å². The zero-order valence-corrected chi connectivity index (χ0v) is 17.4. The second-order valence-corrected chi connectivity index (χ2v) is 7.74. The van der Waals surface area contributed by atoms with Crippen molar-refractivity contribution in [2.24, 2.45) is 0 Å². The van der Waals surface area contributed by atoms with Gasteiger partial charge in [0.15, 0.2) is 6.61 Å². The summed E-state index contributed by atoms with van der Waals surface area (Å²) in [5.74, 6) is 0.842. The highest BCUT2D eigenvalue weighted by Crippen LogP contribution is 2.19. The fourth-order valence-corrected chi connectivity index (χ4v) is 3.22. The molecule has 1 aliphatic rings. The van der Waals surface area contributed by atoms with E-state index in [1.54, 1.807) is 24.3 Å². The highest BCUT2D eigenvalue weighted by molar-refractivity contribution is 5.97. The Hall–Kier alpha value is -2.86. The molecule has 1 N–H and O–H groups in total. The molecule has 0 unspecified atom stereocenters. The van der Waals surface area contributed by atoms with Crippen molar-refractivity contribution in [3.8, 4) is 5.75 Å². The van der Waals surface area contributed by atoms with Gasteiger partial charge in [0.2, 0.25) is 0 Å². The Morgan fingerprint density at radius 1 is 1.03 bits per heavy atom. The number of hydrogen-bond donors (Lipinski definition) is 1. The number of piperazine rings is 1. The minimum atomic E-state index is -0.262. The third-order valence-electron chi connectivity index (χ3n) is 5.10. The molecule has 3 rings (SSSR count). The maximum Gasteiger partial charge on any atom is 0.262 e. The standard InChI is InChI=1S/C23H29N3O3/c1-17(2)18-7-9-21(10-8-18)29-16-22(27)24-20-6-4-5-19(15-20)23(28)26-13-11-25(3)12-14-26/h4-10,15,17H,11-14,16H2,1-3H3,(H,24,27). The van der Waals surface area contributed by atoms with Crippen molar-refractivity contribution in [3.05, 3.63) is 59.7 Å². The number of nitrogens with one attached hydrogen (secondary N) is 1.